The predicted octanol–water partition coefficient (Wildman–Crippen LogP) is 1.01. The van der Waals surface area contributed by atoms with Crippen molar-refractivity contribution in [2.75, 3.05) is 24.5 Å². The molecule has 3 N–H and O–H groups in total. The van der Waals surface area contributed by atoms with Crippen LogP contribution >= 0.6 is 0 Å². The maximum Gasteiger partial charge on any atom is 0.225 e. The summed E-state index contributed by atoms with van der Waals surface area (Å²) in [5, 5.41) is 24.2. The highest BCUT2D eigenvalue weighted by atomic mass is 16.3. The van der Waals surface area contributed by atoms with Gasteiger partial charge in [0.1, 0.15) is 0 Å². The largest absolute Gasteiger partial charge is 0.389 e. The van der Waals surface area contributed by atoms with E-state index in [-0.39, 0.29) is 18.9 Å². The summed E-state index contributed by atoms with van der Waals surface area (Å²) in [5.41, 5.74) is -1.87. The Labute approximate surface area is 148 Å². The quantitative estimate of drug-likeness (QED) is 0.735. The molecule has 1 aliphatic heterocycles. The van der Waals surface area contributed by atoms with E-state index >= 15 is 0 Å². The molecule has 1 saturated heterocycles. The number of aromatic nitrogens is 2. The zero-order valence-corrected chi connectivity index (χ0v) is 14.7. The fourth-order valence-electron chi connectivity index (χ4n) is 3.89. The fraction of sp³-hybridized carbons (Fsp3) is 0.722. The first-order chi connectivity index (χ1) is 12.0. The number of β-amino-alcohol motifs (C(OH)–C–C–N with tert-alkyl or cyclic N) is 1. The van der Waals surface area contributed by atoms with Crippen LogP contribution in [0.15, 0.2) is 18.5 Å². The van der Waals surface area contributed by atoms with E-state index < -0.39 is 11.2 Å². The predicted molar refractivity (Wildman–Crippen MR) is 94.1 cm³/mol. The number of aliphatic hydroxyl groups is 2. The van der Waals surface area contributed by atoms with Crippen molar-refractivity contribution in [3.8, 4) is 0 Å². The Morgan fingerprint density at radius 1 is 1.08 bits per heavy atom. The average Bonchev–Trinajstić information content (AvgIpc) is 2.61. The van der Waals surface area contributed by atoms with Gasteiger partial charge in [0, 0.05) is 25.5 Å². The van der Waals surface area contributed by atoms with Gasteiger partial charge in [-0.1, -0.05) is 19.3 Å². The lowest BCUT2D eigenvalue weighted by molar-refractivity contribution is -0.128. The molecule has 0 unspecified atom stereocenters. The van der Waals surface area contributed by atoms with Crippen molar-refractivity contribution < 1.29 is 15.0 Å². The molecule has 2 fully saturated rings. The van der Waals surface area contributed by atoms with Crippen LogP contribution in [0.4, 0.5) is 5.95 Å². The maximum absolute atomic E-state index is 12.2. The highest BCUT2D eigenvalue weighted by Gasteiger charge is 2.36. The van der Waals surface area contributed by atoms with Crippen LogP contribution in [0, 0.1) is 0 Å². The molecular weight excluding hydrogens is 320 g/mol. The molecule has 0 aromatic carbocycles. The molecular formula is C18H28N4O3. The molecule has 7 heteroatoms. The highest BCUT2D eigenvalue weighted by molar-refractivity contribution is 5.77. The summed E-state index contributed by atoms with van der Waals surface area (Å²) in [6.45, 7) is 1.37. The van der Waals surface area contributed by atoms with Crippen molar-refractivity contribution in [2.45, 2.75) is 62.6 Å². The van der Waals surface area contributed by atoms with Crippen LogP contribution in [0.2, 0.25) is 0 Å². The Morgan fingerprint density at radius 2 is 1.76 bits per heavy atom. The molecule has 1 saturated carbocycles. The molecule has 138 valence electrons. The molecule has 1 amide bonds. The molecule has 1 atom stereocenters. The Hall–Kier alpha value is -1.73. The Bertz CT molecular complexity index is 577. The summed E-state index contributed by atoms with van der Waals surface area (Å²) in [6, 6.07) is 1.76. The van der Waals surface area contributed by atoms with Crippen LogP contribution in [0.1, 0.15) is 51.4 Å². The molecule has 7 nitrogen and oxygen atoms in total. The van der Waals surface area contributed by atoms with Gasteiger partial charge in [0.2, 0.25) is 11.9 Å². The molecule has 0 radical (unpaired) electrons. The normalized spacial score (nSPS) is 26.2. The second-order valence-electron chi connectivity index (χ2n) is 7.54. The second-order valence-corrected chi connectivity index (χ2v) is 7.54. The molecule has 2 aliphatic rings. The smallest absolute Gasteiger partial charge is 0.225 e. The summed E-state index contributed by atoms with van der Waals surface area (Å²) in [5.74, 6) is 0.411. The number of hydrogen-bond donors (Lipinski definition) is 3. The van der Waals surface area contributed by atoms with Crippen molar-refractivity contribution in [1.29, 1.82) is 0 Å². The van der Waals surface area contributed by atoms with Crippen LogP contribution in [0.3, 0.4) is 0 Å². The lowest BCUT2D eigenvalue weighted by atomic mass is 9.82. The zero-order valence-electron chi connectivity index (χ0n) is 14.7. The van der Waals surface area contributed by atoms with Gasteiger partial charge in [0.05, 0.1) is 24.2 Å². The van der Waals surface area contributed by atoms with Gasteiger partial charge < -0.3 is 20.4 Å². The first kappa shape index (κ1) is 18.1. The van der Waals surface area contributed by atoms with Gasteiger partial charge in [0.25, 0.3) is 0 Å². The van der Waals surface area contributed by atoms with E-state index in [0.717, 1.165) is 32.2 Å². The van der Waals surface area contributed by atoms with E-state index in [4.69, 9.17) is 0 Å². The third-order valence-corrected chi connectivity index (χ3v) is 5.28. The summed E-state index contributed by atoms with van der Waals surface area (Å²) in [7, 11) is 0. The minimum atomic E-state index is -0.998. The SMILES string of the molecule is O=C(CC1(O)CCCCC1)NC[C@@]1(O)CCCN(c2ncccn2)C1. The third-order valence-electron chi connectivity index (χ3n) is 5.28. The summed E-state index contributed by atoms with van der Waals surface area (Å²) < 4.78 is 0. The van der Waals surface area contributed by atoms with Crippen molar-refractivity contribution in [3.05, 3.63) is 18.5 Å². The van der Waals surface area contributed by atoms with E-state index in [0.29, 0.717) is 31.8 Å². The number of anilines is 1. The Balaban J connectivity index is 1.52. The van der Waals surface area contributed by atoms with E-state index in [1.165, 1.54) is 0 Å². The third kappa shape index (κ3) is 4.89. The average molecular weight is 348 g/mol. The number of carbonyl (C=O) groups is 1. The van der Waals surface area contributed by atoms with E-state index in [1.54, 1.807) is 18.5 Å². The van der Waals surface area contributed by atoms with Gasteiger partial charge in [-0.25, -0.2) is 9.97 Å². The van der Waals surface area contributed by atoms with Crippen LogP contribution < -0.4 is 10.2 Å². The maximum atomic E-state index is 12.2. The van der Waals surface area contributed by atoms with E-state index in [9.17, 15) is 15.0 Å². The van der Waals surface area contributed by atoms with Gasteiger partial charge in [0.15, 0.2) is 0 Å². The van der Waals surface area contributed by atoms with Crippen molar-refractivity contribution in [1.82, 2.24) is 15.3 Å². The minimum Gasteiger partial charge on any atom is -0.389 e. The zero-order chi connectivity index (χ0) is 17.8. The summed E-state index contributed by atoms with van der Waals surface area (Å²) >= 11 is 0. The number of rotatable bonds is 5. The van der Waals surface area contributed by atoms with Crippen LogP contribution in [0.25, 0.3) is 0 Å². The Kier molecular flexibility index (Phi) is 5.54. The van der Waals surface area contributed by atoms with Crippen molar-refractivity contribution in [2.24, 2.45) is 0 Å². The highest BCUT2D eigenvalue weighted by Crippen LogP contribution is 2.31. The van der Waals surface area contributed by atoms with Gasteiger partial charge in [-0.2, -0.15) is 0 Å². The summed E-state index contributed by atoms with van der Waals surface area (Å²) in [6.07, 6.45) is 9.36. The minimum absolute atomic E-state index is 0.120. The number of piperidine rings is 1. The topological polar surface area (TPSA) is 98.6 Å². The van der Waals surface area contributed by atoms with Gasteiger partial charge in [-0.15, -0.1) is 0 Å². The molecule has 1 aromatic rings. The van der Waals surface area contributed by atoms with E-state index in [1.807, 2.05) is 4.90 Å². The number of carbonyl (C=O) groups excluding carboxylic acids is 1. The molecule has 0 bridgehead atoms. The lowest BCUT2D eigenvalue weighted by Crippen LogP contribution is -2.55. The standard InChI is InChI=1S/C18H28N4O3/c23-15(12-17(24)6-2-1-3-7-17)21-13-18(25)8-4-11-22(14-18)16-19-9-5-10-20-16/h5,9-10,24-25H,1-4,6-8,11-14H2,(H,21,23)/t18-/m0/s1. The van der Waals surface area contributed by atoms with Crippen LogP contribution in [0.5, 0.6) is 0 Å². The molecule has 1 aliphatic carbocycles. The lowest BCUT2D eigenvalue weighted by Gasteiger charge is -2.39. The first-order valence-electron chi connectivity index (χ1n) is 9.22. The fourth-order valence-corrected chi connectivity index (χ4v) is 3.89. The molecule has 25 heavy (non-hydrogen) atoms. The molecule has 2 heterocycles. The Morgan fingerprint density at radius 3 is 2.48 bits per heavy atom. The number of nitrogens with one attached hydrogen (secondary N) is 1. The first-order valence-corrected chi connectivity index (χ1v) is 9.22. The number of hydrogen-bond acceptors (Lipinski definition) is 6. The number of nitrogens with zero attached hydrogens (tertiary/aromatic N) is 3. The van der Waals surface area contributed by atoms with Crippen molar-refractivity contribution in [3.63, 3.8) is 0 Å². The van der Waals surface area contributed by atoms with Gasteiger partial charge >= 0.3 is 0 Å². The second kappa shape index (κ2) is 7.66. The van der Waals surface area contributed by atoms with Crippen molar-refractivity contribution >= 4 is 11.9 Å². The van der Waals surface area contributed by atoms with Gasteiger partial charge in [-0.05, 0) is 31.7 Å². The number of amides is 1. The summed E-state index contributed by atoms with van der Waals surface area (Å²) in [4.78, 5) is 22.6. The molecule has 1 aromatic heterocycles. The monoisotopic (exact) mass is 348 g/mol. The molecule has 3 rings (SSSR count). The van der Waals surface area contributed by atoms with Crippen LogP contribution in [-0.4, -0.2) is 56.9 Å². The van der Waals surface area contributed by atoms with E-state index in [2.05, 4.69) is 15.3 Å². The molecule has 0 spiro atoms. The van der Waals surface area contributed by atoms with Gasteiger partial charge in [-0.3, -0.25) is 4.79 Å². The van der Waals surface area contributed by atoms with Crippen LogP contribution in [-0.2, 0) is 4.79 Å².